The first-order valence-electron chi connectivity index (χ1n) is 4.93. The number of sulfonamides is 1. The maximum atomic E-state index is 11.7. The zero-order valence-corrected chi connectivity index (χ0v) is 10.0. The first-order chi connectivity index (χ1) is 7.71. The van der Waals surface area contributed by atoms with Crippen molar-refractivity contribution in [3.63, 3.8) is 0 Å². The number of hydrogen-bond donors (Lipinski definition) is 1. The summed E-state index contributed by atoms with van der Waals surface area (Å²) < 4.78 is 65.7. The minimum absolute atomic E-state index is 0.00193. The van der Waals surface area contributed by atoms with Crippen molar-refractivity contribution in [2.45, 2.75) is 19.0 Å². The van der Waals surface area contributed by atoms with Crippen LogP contribution in [0, 0.1) is 0 Å². The van der Waals surface area contributed by atoms with E-state index in [1.54, 1.807) is 0 Å². The topological polar surface area (TPSA) is 78.6 Å². The van der Waals surface area contributed by atoms with Crippen LogP contribution < -0.4 is 5.14 Å². The third-order valence-electron chi connectivity index (χ3n) is 1.63. The molecule has 17 heavy (non-hydrogen) atoms. The van der Waals surface area contributed by atoms with Gasteiger partial charge < -0.3 is 9.47 Å². The average Bonchev–Trinajstić information content (AvgIpc) is 2.11. The van der Waals surface area contributed by atoms with E-state index in [9.17, 15) is 21.6 Å². The molecule has 0 saturated carbocycles. The standard InChI is InChI=1S/C8H16F3NO4S/c9-8(10,11)2-1-3-15-4-5-16-6-7-17(12,13)14/h1-7H2,(H2,12,13,14). The Morgan fingerprint density at radius 2 is 1.53 bits per heavy atom. The Morgan fingerprint density at radius 1 is 1.00 bits per heavy atom. The quantitative estimate of drug-likeness (QED) is 0.629. The molecule has 0 saturated heterocycles. The monoisotopic (exact) mass is 279 g/mol. The minimum Gasteiger partial charge on any atom is -0.379 e. The summed E-state index contributed by atoms with van der Waals surface area (Å²) in [6.07, 6.45) is -5.13. The van der Waals surface area contributed by atoms with Crippen molar-refractivity contribution in [2.24, 2.45) is 5.14 Å². The summed E-state index contributed by atoms with van der Waals surface area (Å²) in [5.41, 5.74) is 0. The number of alkyl halides is 3. The SMILES string of the molecule is NS(=O)(=O)CCOCCOCCCC(F)(F)F. The molecule has 0 atom stereocenters. The molecule has 0 rings (SSSR count). The highest BCUT2D eigenvalue weighted by atomic mass is 32.2. The van der Waals surface area contributed by atoms with Gasteiger partial charge in [0.2, 0.25) is 10.0 Å². The molecule has 0 radical (unpaired) electrons. The fraction of sp³-hybridized carbons (Fsp3) is 1.00. The fourth-order valence-corrected chi connectivity index (χ4v) is 1.22. The zero-order chi connectivity index (χ0) is 13.4. The Labute approximate surface area is 98.1 Å². The van der Waals surface area contributed by atoms with E-state index < -0.39 is 22.6 Å². The Hall–Kier alpha value is -0.380. The molecular formula is C8H16F3NO4S. The molecule has 104 valence electrons. The summed E-state index contributed by atoms with van der Waals surface area (Å²) in [6.45, 7) is 0.201. The van der Waals surface area contributed by atoms with Gasteiger partial charge in [-0.25, -0.2) is 13.6 Å². The summed E-state index contributed by atoms with van der Waals surface area (Å²) in [5, 5.41) is 4.71. The normalized spacial score (nSPS) is 12.9. The molecule has 0 aromatic carbocycles. The number of rotatable bonds is 9. The van der Waals surface area contributed by atoms with Gasteiger partial charge in [0.15, 0.2) is 0 Å². The lowest BCUT2D eigenvalue weighted by Gasteiger charge is -2.07. The minimum atomic E-state index is -4.16. The van der Waals surface area contributed by atoms with Crippen LogP contribution >= 0.6 is 0 Å². The Kier molecular flexibility index (Phi) is 7.68. The van der Waals surface area contributed by atoms with E-state index in [0.29, 0.717) is 0 Å². The third kappa shape index (κ3) is 15.6. The Bertz CT molecular complexity index is 292. The van der Waals surface area contributed by atoms with Gasteiger partial charge in [0, 0.05) is 13.0 Å². The molecule has 0 unspecified atom stereocenters. The lowest BCUT2D eigenvalue weighted by atomic mass is 10.3. The van der Waals surface area contributed by atoms with E-state index in [2.05, 4.69) is 0 Å². The van der Waals surface area contributed by atoms with Crippen LogP contribution in [0.1, 0.15) is 12.8 Å². The van der Waals surface area contributed by atoms with Crippen LogP contribution in [0.15, 0.2) is 0 Å². The number of primary sulfonamides is 1. The van der Waals surface area contributed by atoms with Gasteiger partial charge in [0.25, 0.3) is 0 Å². The molecule has 2 N–H and O–H groups in total. The summed E-state index contributed by atoms with van der Waals surface area (Å²) in [5.74, 6) is -0.291. The van der Waals surface area contributed by atoms with Crippen molar-refractivity contribution < 1.29 is 31.1 Å². The summed E-state index contributed by atoms with van der Waals surface area (Å²) in [6, 6.07) is 0. The Morgan fingerprint density at radius 3 is 2.00 bits per heavy atom. The molecule has 0 aliphatic carbocycles. The van der Waals surface area contributed by atoms with Gasteiger partial charge in [-0.05, 0) is 6.42 Å². The van der Waals surface area contributed by atoms with Crippen molar-refractivity contribution in [2.75, 3.05) is 32.2 Å². The summed E-state index contributed by atoms with van der Waals surface area (Å²) in [4.78, 5) is 0. The second kappa shape index (κ2) is 7.85. The van der Waals surface area contributed by atoms with Crippen LogP contribution in [-0.4, -0.2) is 46.8 Å². The number of nitrogens with two attached hydrogens (primary N) is 1. The zero-order valence-electron chi connectivity index (χ0n) is 9.20. The second-order valence-corrected chi connectivity index (χ2v) is 5.04. The summed E-state index contributed by atoms with van der Waals surface area (Å²) in [7, 11) is -3.53. The molecule has 0 aliphatic heterocycles. The highest BCUT2D eigenvalue weighted by molar-refractivity contribution is 7.89. The van der Waals surface area contributed by atoms with Crippen molar-refractivity contribution in [3.8, 4) is 0 Å². The predicted octanol–water partition coefficient (Wildman–Crippen LogP) is 0.651. The summed E-state index contributed by atoms with van der Waals surface area (Å²) >= 11 is 0. The van der Waals surface area contributed by atoms with E-state index in [-0.39, 0.29) is 38.6 Å². The van der Waals surface area contributed by atoms with Crippen LogP contribution in [0.3, 0.4) is 0 Å². The van der Waals surface area contributed by atoms with Crippen molar-refractivity contribution in [3.05, 3.63) is 0 Å². The van der Waals surface area contributed by atoms with E-state index in [1.807, 2.05) is 0 Å². The molecule has 9 heteroatoms. The van der Waals surface area contributed by atoms with E-state index in [0.717, 1.165) is 0 Å². The highest BCUT2D eigenvalue weighted by Crippen LogP contribution is 2.20. The molecule has 5 nitrogen and oxygen atoms in total. The number of ether oxygens (including phenoxy) is 2. The van der Waals surface area contributed by atoms with Crippen molar-refractivity contribution >= 4 is 10.0 Å². The lowest BCUT2D eigenvalue weighted by Crippen LogP contribution is -2.21. The smallest absolute Gasteiger partial charge is 0.379 e. The first-order valence-corrected chi connectivity index (χ1v) is 6.65. The van der Waals surface area contributed by atoms with Crippen LogP contribution in [-0.2, 0) is 19.5 Å². The average molecular weight is 279 g/mol. The van der Waals surface area contributed by atoms with Crippen LogP contribution in [0.2, 0.25) is 0 Å². The van der Waals surface area contributed by atoms with Crippen molar-refractivity contribution in [1.82, 2.24) is 0 Å². The predicted molar refractivity (Wildman–Crippen MR) is 54.9 cm³/mol. The van der Waals surface area contributed by atoms with Gasteiger partial charge in [-0.3, -0.25) is 0 Å². The van der Waals surface area contributed by atoms with Gasteiger partial charge in [-0.15, -0.1) is 0 Å². The van der Waals surface area contributed by atoms with Gasteiger partial charge in [-0.1, -0.05) is 0 Å². The Balaban J connectivity index is 3.20. The molecule has 0 aromatic rings. The highest BCUT2D eigenvalue weighted by Gasteiger charge is 2.25. The molecule has 0 heterocycles. The first kappa shape index (κ1) is 16.6. The molecule has 0 spiro atoms. The molecule has 0 aliphatic rings. The third-order valence-corrected chi connectivity index (χ3v) is 2.37. The van der Waals surface area contributed by atoms with Crippen LogP contribution in [0.25, 0.3) is 0 Å². The second-order valence-electron chi connectivity index (χ2n) is 3.31. The van der Waals surface area contributed by atoms with E-state index >= 15 is 0 Å². The van der Waals surface area contributed by atoms with Crippen LogP contribution in [0.5, 0.6) is 0 Å². The maximum Gasteiger partial charge on any atom is 0.389 e. The molecular weight excluding hydrogens is 263 g/mol. The van der Waals surface area contributed by atoms with E-state index in [1.165, 1.54) is 0 Å². The van der Waals surface area contributed by atoms with Gasteiger partial charge in [0.05, 0.1) is 25.6 Å². The van der Waals surface area contributed by atoms with Crippen molar-refractivity contribution in [1.29, 1.82) is 0 Å². The van der Waals surface area contributed by atoms with E-state index in [4.69, 9.17) is 14.6 Å². The molecule has 0 bridgehead atoms. The molecule has 0 fully saturated rings. The molecule has 0 amide bonds. The van der Waals surface area contributed by atoms with Gasteiger partial charge >= 0.3 is 6.18 Å². The number of hydrogen-bond acceptors (Lipinski definition) is 4. The van der Waals surface area contributed by atoms with Crippen LogP contribution in [0.4, 0.5) is 13.2 Å². The molecule has 0 aromatic heterocycles. The largest absolute Gasteiger partial charge is 0.389 e. The number of halogens is 3. The lowest BCUT2D eigenvalue weighted by molar-refractivity contribution is -0.138. The fourth-order valence-electron chi connectivity index (χ4n) is 0.872. The maximum absolute atomic E-state index is 11.7. The van der Waals surface area contributed by atoms with Gasteiger partial charge in [0.1, 0.15) is 0 Å². The van der Waals surface area contributed by atoms with Gasteiger partial charge in [-0.2, -0.15) is 13.2 Å².